The molecule has 0 bridgehead atoms. The van der Waals surface area contributed by atoms with Crippen LogP contribution in [0.4, 0.5) is 35.1 Å². The second kappa shape index (κ2) is 4.13. The topological polar surface area (TPSA) is 0 Å². The molecule has 0 aliphatic carbocycles. The van der Waals surface area contributed by atoms with Crippen molar-refractivity contribution in [2.24, 2.45) is 0 Å². The summed E-state index contributed by atoms with van der Waals surface area (Å²) >= 11 is 0. The van der Waals surface area contributed by atoms with E-state index in [1.807, 2.05) is 0 Å². The highest BCUT2D eigenvalue weighted by molar-refractivity contribution is 4.91. The average molecular weight is 244 g/mol. The number of alkyl halides is 8. The summed E-state index contributed by atoms with van der Waals surface area (Å²) in [5, 5.41) is 0. The van der Waals surface area contributed by atoms with Crippen LogP contribution in [0.2, 0.25) is 0 Å². The van der Waals surface area contributed by atoms with Crippen molar-refractivity contribution in [3.63, 3.8) is 0 Å². The number of hydrogen-bond donors (Lipinski definition) is 0. The van der Waals surface area contributed by atoms with Gasteiger partial charge in [0, 0.05) is 6.42 Å². The van der Waals surface area contributed by atoms with E-state index in [9.17, 15) is 35.1 Å². The summed E-state index contributed by atoms with van der Waals surface area (Å²) in [6.45, 7) is 0.633. The van der Waals surface area contributed by atoms with Gasteiger partial charge in [0.15, 0.2) is 6.17 Å². The van der Waals surface area contributed by atoms with E-state index in [0.29, 0.717) is 6.92 Å². The monoisotopic (exact) mass is 244 g/mol. The fourth-order valence-electron chi connectivity index (χ4n) is 0.796. The third kappa shape index (κ3) is 3.49. The molecule has 0 nitrogen and oxygen atoms in total. The smallest absolute Gasteiger partial charge is 0.240 e. The van der Waals surface area contributed by atoms with Crippen LogP contribution in [0, 0.1) is 0 Å². The molecule has 0 N–H and O–H groups in total. The number of halogens is 8. The van der Waals surface area contributed by atoms with Crippen LogP contribution in [0.5, 0.6) is 0 Å². The van der Waals surface area contributed by atoms with E-state index in [2.05, 4.69) is 0 Å². The van der Waals surface area contributed by atoms with Crippen molar-refractivity contribution in [3.05, 3.63) is 0 Å². The standard InChI is InChI=1S/C7H8F8/c1-2-5(9,10)7(14,15)4(8)3-6(11,12)13/h4H,2-3H2,1H3/t4-/m0/s1. The third-order valence-corrected chi connectivity index (χ3v) is 1.74. The lowest BCUT2D eigenvalue weighted by molar-refractivity contribution is -0.258. The first-order chi connectivity index (χ1) is 6.44. The van der Waals surface area contributed by atoms with Gasteiger partial charge in [-0.2, -0.15) is 30.7 Å². The van der Waals surface area contributed by atoms with E-state index in [-0.39, 0.29) is 0 Å². The van der Waals surface area contributed by atoms with Gasteiger partial charge >= 0.3 is 18.0 Å². The Balaban J connectivity index is 4.73. The minimum Gasteiger partial charge on any atom is -0.240 e. The van der Waals surface area contributed by atoms with Gasteiger partial charge in [-0.15, -0.1) is 0 Å². The molecule has 15 heavy (non-hydrogen) atoms. The van der Waals surface area contributed by atoms with Crippen molar-refractivity contribution in [2.45, 2.75) is 44.0 Å². The molecule has 0 spiro atoms. The first kappa shape index (κ1) is 14.4. The van der Waals surface area contributed by atoms with Crippen molar-refractivity contribution in [2.75, 3.05) is 0 Å². The van der Waals surface area contributed by atoms with Gasteiger partial charge in [0.05, 0.1) is 6.42 Å². The van der Waals surface area contributed by atoms with Crippen LogP contribution >= 0.6 is 0 Å². The Morgan fingerprint density at radius 1 is 0.933 bits per heavy atom. The van der Waals surface area contributed by atoms with Crippen molar-refractivity contribution in [3.8, 4) is 0 Å². The minimum atomic E-state index is -5.31. The molecule has 0 amide bonds. The first-order valence-electron chi connectivity index (χ1n) is 3.90. The lowest BCUT2D eigenvalue weighted by Crippen LogP contribution is -2.48. The molecule has 92 valence electrons. The van der Waals surface area contributed by atoms with Gasteiger partial charge < -0.3 is 0 Å². The van der Waals surface area contributed by atoms with E-state index in [0.717, 1.165) is 0 Å². The van der Waals surface area contributed by atoms with Gasteiger partial charge in [0.1, 0.15) is 0 Å². The molecule has 0 aromatic rings. The average Bonchev–Trinajstić information content (AvgIpc) is 2.00. The van der Waals surface area contributed by atoms with E-state index >= 15 is 0 Å². The van der Waals surface area contributed by atoms with Crippen molar-refractivity contribution in [1.29, 1.82) is 0 Å². The lowest BCUT2D eigenvalue weighted by Gasteiger charge is -2.28. The van der Waals surface area contributed by atoms with Crippen LogP contribution in [0.25, 0.3) is 0 Å². The molecular formula is C7H8F8. The van der Waals surface area contributed by atoms with Crippen LogP contribution in [0.15, 0.2) is 0 Å². The molecule has 0 heterocycles. The molecule has 0 saturated heterocycles. The molecule has 1 atom stereocenters. The number of rotatable bonds is 4. The summed E-state index contributed by atoms with van der Waals surface area (Å²) < 4.78 is 96.7. The summed E-state index contributed by atoms with van der Waals surface area (Å²) in [4.78, 5) is 0. The van der Waals surface area contributed by atoms with Crippen LogP contribution in [-0.4, -0.2) is 24.2 Å². The molecule has 0 aliphatic rings. The van der Waals surface area contributed by atoms with Crippen molar-refractivity contribution >= 4 is 0 Å². The van der Waals surface area contributed by atoms with E-state index in [1.54, 1.807) is 0 Å². The minimum absolute atomic E-state index is 0.633. The Morgan fingerprint density at radius 2 is 1.33 bits per heavy atom. The van der Waals surface area contributed by atoms with Crippen LogP contribution in [-0.2, 0) is 0 Å². The maximum absolute atomic E-state index is 12.5. The molecule has 8 heteroatoms. The van der Waals surface area contributed by atoms with Gasteiger partial charge in [-0.3, -0.25) is 0 Å². The summed E-state index contributed by atoms with van der Waals surface area (Å²) in [5.74, 6) is -10.1. The molecule has 0 radical (unpaired) electrons. The molecule has 0 aromatic carbocycles. The Labute approximate surface area is 80.3 Å². The summed E-state index contributed by atoms with van der Waals surface area (Å²) in [5.41, 5.74) is 0. The second-order valence-electron chi connectivity index (χ2n) is 2.97. The zero-order chi connectivity index (χ0) is 12.5. The summed E-state index contributed by atoms with van der Waals surface area (Å²) in [7, 11) is 0. The zero-order valence-corrected chi connectivity index (χ0v) is 7.52. The predicted molar refractivity (Wildman–Crippen MR) is 35.8 cm³/mol. The number of hydrogen-bond acceptors (Lipinski definition) is 0. The first-order valence-corrected chi connectivity index (χ1v) is 3.90. The normalized spacial score (nSPS) is 16.6. The van der Waals surface area contributed by atoms with Gasteiger partial charge in [-0.25, -0.2) is 4.39 Å². The van der Waals surface area contributed by atoms with Crippen LogP contribution in [0.1, 0.15) is 19.8 Å². The highest BCUT2D eigenvalue weighted by atomic mass is 19.4. The maximum atomic E-state index is 12.5. The van der Waals surface area contributed by atoms with E-state index < -0.39 is 37.0 Å². The second-order valence-corrected chi connectivity index (χ2v) is 2.97. The Morgan fingerprint density at radius 3 is 1.60 bits per heavy atom. The molecule has 0 saturated carbocycles. The van der Waals surface area contributed by atoms with E-state index in [4.69, 9.17) is 0 Å². The van der Waals surface area contributed by atoms with Crippen LogP contribution < -0.4 is 0 Å². The lowest BCUT2D eigenvalue weighted by atomic mass is 10.0. The van der Waals surface area contributed by atoms with Gasteiger partial charge in [-0.1, -0.05) is 6.92 Å². The molecule has 0 aliphatic heterocycles. The fraction of sp³-hybridized carbons (Fsp3) is 1.00. The quantitative estimate of drug-likeness (QED) is 0.656. The molecule has 0 unspecified atom stereocenters. The maximum Gasteiger partial charge on any atom is 0.392 e. The third-order valence-electron chi connectivity index (χ3n) is 1.74. The fourth-order valence-corrected chi connectivity index (χ4v) is 0.796. The van der Waals surface area contributed by atoms with Gasteiger partial charge in [0.2, 0.25) is 0 Å². The molecule has 0 fully saturated rings. The molecule has 0 rings (SSSR count). The Kier molecular flexibility index (Phi) is 3.98. The predicted octanol–water partition coefficient (Wildman–Crippen LogP) is 3.96. The van der Waals surface area contributed by atoms with Gasteiger partial charge in [0.25, 0.3) is 0 Å². The summed E-state index contributed by atoms with van der Waals surface area (Å²) in [6, 6.07) is 0. The largest absolute Gasteiger partial charge is 0.392 e. The summed E-state index contributed by atoms with van der Waals surface area (Å²) in [6.07, 6.45) is -13.2. The van der Waals surface area contributed by atoms with Crippen LogP contribution in [0.3, 0.4) is 0 Å². The SMILES string of the molecule is CCC(F)(F)C(F)(F)[C@@H](F)CC(F)(F)F. The van der Waals surface area contributed by atoms with Crippen molar-refractivity contribution < 1.29 is 35.1 Å². The van der Waals surface area contributed by atoms with Gasteiger partial charge in [-0.05, 0) is 0 Å². The van der Waals surface area contributed by atoms with E-state index in [1.165, 1.54) is 0 Å². The highest BCUT2D eigenvalue weighted by Gasteiger charge is 2.62. The van der Waals surface area contributed by atoms with Crippen molar-refractivity contribution in [1.82, 2.24) is 0 Å². The Hall–Kier alpha value is -0.560. The Bertz CT molecular complexity index is 206. The molecular weight excluding hydrogens is 236 g/mol. The molecule has 0 aromatic heterocycles. The zero-order valence-electron chi connectivity index (χ0n) is 7.52. The highest BCUT2D eigenvalue weighted by Crippen LogP contribution is 2.43.